The van der Waals surface area contributed by atoms with Crippen molar-refractivity contribution in [3.63, 3.8) is 0 Å². The van der Waals surface area contributed by atoms with Gasteiger partial charge in [0, 0.05) is 6.54 Å². The SMILES string of the molecule is Cc1onc(-c2c(F)cccc2Cl)c1C(=O)NCCCCC(C)C(=O)O. The highest BCUT2D eigenvalue weighted by molar-refractivity contribution is 6.33. The van der Waals surface area contributed by atoms with Crippen LogP contribution < -0.4 is 5.32 Å². The van der Waals surface area contributed by atoms with E-state index in [9.17, 15) is 14.0 Å². The van der Waals surface area contributed by atoms with Crippen molar-refractivity contribution < 1.29 is 23.6 Å². The number of rotatable bonds is 8. The fraction of sp³-hybridized carbons (Fsp3) is 0.389. The first-order valence-electron chi connectivity index (χ1n) is 8.24. The summed E-state index contributed by atoms with van der Waals surface area (Å²) in [6.07, 6.45) is 1.83. The van der Waals surface area contributed by atoms with Gasteiger partial charge >= 0.3 is 5.97 Å². The quantitative estimate of drug-likeness (QED) is 0.671. The van der Waals surface area contributed by atoms with E-state index in [-0.39, 0.29) is 27.6 Å². The minimum absolute atomic E-state index is 0.0199. The molecule has 0 aliphatic rings. The maximum atomic E-state index is 14.1. The number of amides is 1. The van der Waals surface area contributed by atoms with Crippen molar-refractivity contribution >= 4 is 23.5 Å². The molecule has 0 spiro atoms. The number of aromatic nitrogens is 1. The molecule has 140 valence electrons. The van der Waals surface area contributed by atoms with Gasteiger partial charge in [-0.05, 0) is 31.9 Å². The first-order chi connectivity index (χ1) is 12.3. The zero-order valence-electron chi connectivity index (χ0n) is 14.5. The Hall–Kier alpha value is -2.41. The molecule has 1 aromatic carbocycles. The van der Waals surface area contributed by atoms with Gasteiger partial charge in [-0.3, -0.25) is 9.59 Å². The van der Waals surface area contributed by atoms with E-state index in [1.165, 1.54) is 18.2 Å². The summed E-state index contributed by atoms with van der Waals surface area (Å²) in [7, 11) is 0. The molecule has 0 fully saturated rings. The molecule has 0 saturated heterocycles. The molecule has 1 atom stereocenters. The Morgan fingerprint density at radius 2 is 2.12 bits per heavy atom. The molecule has 1 heterocycles. The van der Waals surface area contributed by atoms with Crippen molar-refractivity contribution in [2.75, 3.05) is 6.54 Å². The van der Waals surface area contributed by atoms with E-state index in [2.05, 4.69) is 10.5 Å². The number of carbonyl (C=O) groups is 2. The fourth-order valence-electron chi connectivity index (χ4n) is 2.52. The molecule has 0 saturated carbocycles. The van der Waals surface area contributed by atoms with Gasteiger partial charge in [-0.25, -0.2) is 4.39 Å². The predicted octanol–water partition coefficient (Wildman–Crippen LogP) is 4.06. The van der Waals surface area contributed by atoms with Crippen LogP contribution in [0.1, 0.15) is 42.3 Å². The highest BCUT2D eigenvalue weighted by Crippen LogP contribution is 2.33. The summed E-state index contributed by atoms with van der Waals surface area (Å²) < 4.78 is 19.2. The molecule has 1 amide bonds. The summed E-state index contributed by atoms with van der Waals surface area (Å²) in [5, 5.41) is 15.5. The lowest BCUT2D eigenvalue weighted by atomic mass is 10.0. The normalized spacial score (nSPS) is 12.0. The smallest absolute Gasteiger partial charge is 0.306 e. The van der Waals surface area contributed by atoms with E-state index in [0.717, 1.165) is 0 Å². The molecule has 0 radical (unpaired) electrons. The van der Waals surface area contributed by atoms with Gasteiger partial charge in [0.05, 0.1) is 16.5 Å². The van der Waals surface area contributed by atoms with E-state index in [1.54, 1.807) is 13.8 Å². The highest BCUT2D eigenvalue weighted by Gasteiger charge is 2.25. The summed E-state index contributed by atoms with van der Waals surface area (Å²) in [6.45, 7) is 3.57. The summed E-state index contributed by atoms with van der Waals surface area (Å²) in [6, 6.07) is 4.21. The van der Waals surface area contributed by atoms with Crippen molar-refractivity contribution in [2.45, 2.75) is 33.1 Å². The third kappa shape index (κ3) is 4.60. The molecular weight excluding hydrogens is 363 g/mol. The number of aliphatic carboxylic acids is 1. The van der Waals surface area contributed by atoms with Crippen LogP contribution in [-0.4, -0.2) is 28.7 Å². The Morgan fingerprint density at radius 3 is 2.77 bits per heavy atom. The van der Waals surface area contributed by atoms with E-state index in [4.69, 9.17) is 21.2 Å². The van der Waals surface area contributed by atoms with Crippen molar-refractivity contribution in [3.05, 3.63) is 40.4 Å². The molecule has 0 bridgehead atoms. The lowest BCUT2D eigenvalue weighted by molar-refractivity contribution is -0.141. The first kappa shape index (κ1) is 19.9. The van der Waals surface area contributed by atoms with Gasteiger partial charge in [0.1, 0.15) is 22.8 Å². The summed E-state index contributed by atoms with van der Waals surface area (Å²) in [4.78, 5) is 23.2. The Balaban J connectivity index is 2.04. The van der Waals surface area contributed by atoms with Crippen LogP contribution in [-0.2, 0) is 4.79 Å². The first-order valence-corrected chi connectivity index (χ1v) is 8.62. The number of benzene rings is 1. The second-order valence-electron chi connectivity index (χ2n) is 6.05. The van der Waals surface area contributed by atoms with Crippen molar-refractivity contribution in [3.8, 4) is 11.3 Å². The molecule has 1 aromatic heterocycles. The minimum atomic E-state index is -0.833. The van der Waals surface area contributed by atoms with Crippen LogP contribution >= 0.6 is 11.6 Å². The van der Waals surface area contributed by atoms with Crippen LogP contribution in [0.4, 0.5) is 4.39 Å². The minimum Gasteiger partial charge on any atom is -0.481 e. The standard InChI is InChI=1S/C18H20ClFN2O4/c1-10(18(24)25)6-3-4-9-21-17(23)14-11(2)26-22-16(14)15-12(19)7-5-8-13(15)20/h5,7-8,10H,3-4,6,9H2,1-2H3,(H,21,23)(H,24,25). The van der Waals surface area contributed by atoms with E-state index in [0.29, 0.717) is 25.8 Å². The number of carboxylic acids is 1. The molecule has 8 heteroatoms. The number of nitrogens with one attached hydrogen (secondary N) is 1. The monoisotopic (exact) mass is 382 g/mol. The van der Waals surface area contributed by atoms with Gasteiger partial charge in [0.2, 0.25) is 0 Å². The molecular formula is C18H20ClFN2O4. The molecule has 2 aromatic rings. The van der Waals surface area contributed by atoms with E-state index < -0.39 is 23.6 Å². The van der Waals surface area contributed by atoms with Gasteiger partial charge in [-0.1, -0.05) is 36.2 Å². The number of hydrogen-bond donors (Lipinski definition) is 2. The van der Waals surface area contributed by atoms with Crippen molar-refractivity contribution in [1.29, 1.82) is 0 Å². The molecule has 2 N–H and O–H groups in total. The highest BCUT2D eigenvalue weighted by atomic mass is 35.5. The Morgan fingerprint density at radius 1 is 1.38 bits per heavy atom. The number of unbranched alkanes of at least 4 members (excludes halogenated alkanes) is 1. The number of carboxylic acid groups (broad SMARTS) is 1. The zero-order chi connectivity index (χ0) is 19.3. The number of aryl methyl sites for hydroxylation is 1. The van der Waals surface area contributed by atoms with Crippen molar-refractivity contribution in [2.24, 2.45) is 5.92 Å². The van der Waals surface area contributed by atoms with Crippen molar-refractivity contribution in [1.82, 2.24) is 10.5 Å². The number of nitrogens with zero attached hydrogens (tertiary/aromatic N) is 1. The van der Waals surface area contributed by atoms with Gasteiger partial charge in [0.25, 0.3) is 5.91 Å². The van der Waals surface area contributed by atoms with Crippen LogP contribution in [0.25, 0.3) is 11.3 Å². The number of carbonyl (C=O) groups excluding carboxylic acids is 1. The molecule has 0 aliphatic carbocycles. The zero-order valence-corrected chi connectivity index (χ0v) is 15.3. The third-order valence-electron chi connectivity index (χ3n) is 4.06. The van der Waals surface area contributed by atoms with Crippen LogP contribution in [0.2, 0.25) is 5.02 Å². The molecule has 1 unspecified atom stereocenters. The Bertz CT molecular complexity index is 786. The third-order valence-corrected chi connectivity index (χ3v) is 4.38. The summed E-state index contributed by atoms with van der Waals surface area (Å²) in [5.74, 6) is -2.02. The Kier molecular flexibility index (Phi) is 6.74. The van der Waals surface area contributed by atoms with Crippen LogP contribution in [0.15, 0.2) is 22.7 Å². The number of hydrogen-bond acceptors (Lipinski definition) is 4. The predicted molar refractivity (Wildman–Crippen MR) is 94.6 cm³/mol. The molecule has 6 nitrogen and oxygen atoms in total. The van der Waals surface area contributed by atoms with Gasteiger partial charge in [-0.2, -0.15) is 0 Å². The lowest BCUT2D eigenvalue weighted by Gasteiger charge is -2.08. The largest absolute Gasteiger partial charge is 0.481 e. The maximum absolute atomic E-state index is 14.1. The summed E-state index contributed by atoms with van der Waals surface area (Å²) in [5.41, 5.74) is 0.213. The second kappa shape index (κ2) is 8.80. The lowest BCUT2D eigenvalue weighted by Crippen LogP contribution is -2.25. The van der Waals surface area contributed by atoms with Crippen LogP contribution in [0.5, 0.6) is 0 Å². The topological polar surface area (TPSA) is 92.4 Å². The Labute approximate surface area is 155 Å². The van der Waals surface area contributed by atoms with E-state index >= 15 is 0 Å². The van der Waals surface area contributed by atoms with E-state index in [1.807, 2.05) is 0 Å². The average molecular weight is 383 g/mol. The molecule has 26 heavy (non-hydrogen) atoms. The summed E-state index contributed by atoms with van der Waals surface area (Å²) >= 11 is 6.05. The van der Waals surface area contributed by atoms with Crippen LogP contribution in [0, 0.1) is 18.7 Å². The molecule has 2 rings (SSSR count). The van der Waals surface area contributed by atoms with Gasteiger partial charge in [0.15, 0.2) is 0 Å². The van der Waals surface area contributed by atoms with Crippen LogP contribution in [0.3, 0.4) is 0 Å². The number of halogens is 2. The average Bonchev–Trinajstić information content (AvgIpc) is 2.95. The van der Waals surface area contributed by atoms with Gasteiger partial charge < -0.3 is 14.9 Å². The maximum Gasteiger partial charge on any atom is 0.306 e. The second-order valence-corrected chi connectivity index (χ2v) is 6.46. The van der Waals surface area contributed by atoms with Gasteiger partial charge in [-0.15, -0.1) is 0 Å². The molecule has 0 aliphatic heterocycles. The fourth-order valence-corrected chi connectivity index (χ4v) is 2.78.